The van der Waals surface area contributed by atoms with E-state index in [1.807, 2.05) is 0 Å². The summed E-state index contributed by atoms with van der Waals surface area (Å²) in [6.45, 7) is 3.19. The summed E-state index contributed by atoms with van der Waals surface area (Å²) in [6.07, 6.45) is 2.40. The van der Waals surface area contributed by atoms with Gasteiger partial charge < -0.3 is 10.2 Å². The lowest BCUT2D eigenvalue weighted by Crippen LogP contribution is -2.32. The Morgan fingerprint density at radius 2 is 2.06 bits per heavy atom. The first-order valence-corrected chi connectivity index (χ1v) is 6.40. The predicted octanol–water partition coefficient (Wildman–Crippen LogP) is 3.23. The van der Waals surface area contributed by atoms with Crippen LogP contribution < -0.4 is 5.32 Å². The number of piperidine rings is 1. The second-order valence-corrected chi connectivity index (χ2v) is 5.22. The predicted molar refractivity (Wildman–Crippen MR) is 70.1 cm³/mol. The van der Waals surface area contributed by atoms with Gasteiger partial charge in [-0.25, -0.2) is 4.39 Å². The largest absolute Gasteiger partial charge is 0.385 e. The third-order valence-corrected chi connectivity index (χ3v) is 3.51. The molecule has 1 aliphatic rings. The molecule has 1 aromatic carbocycles. The second kappa shape index (κ2) is 5.69. The fourth-order valence-corrected chi connectivity index (χ4v) is 2.41. The van der Waals surface area contributed by atoms with E-state index < -0.39 is 0 Å². The zero-order valence-corrected chi connectivity index (χ0v) is 10.8. The van der Waals surface area contributed by atoms with Gasteiger partial charge in [-0.05, 0) is 57.1 Å². The number of anilines is 1. The first kappa shape index (κ1) is 12.7. The third-order valence-electron chi connectivity index (χ3n) is 3.30. The molecule has 0 bridgehead atoms. The fraction of sp³-hybridized carbons (Fsp3) is 0.538. The van der Waals surface area contributed by atoms with Gasteiger partial charge in [0.25, 0.3) is 0 Å². The summed E-state index contributed by atoms with van der Waals surface area (Å²) in [5, 5.41) is 3.71. The molecule has 94 valence electrons. The van der Waals surface area contributed by atoms with Crippen LogP contribution in [0.5, 0.6) is 0 Å². The molecule has 2 nitrogen and oxygen atoms in total. The Balaban J connectivity index is 1.85. The van der Waals surface area contributed by atoms with Crippen LogP contribution >= 0.6 is 11.6 Å². The van der Waals surface area contributed by atoms with Crippen LogP contribution in [0.1, 0.15) is 12.8 Å². The number of benzene rings is 1. The molecule has 0 atom stereocenters. The summed E-state index contributed by atoms with van der Waals surface area (Å²) in [5.41, 5.74) is 0.772. The van der Waals surface area contributed by atoms with E-state index in [1.54, 1.807) is 6.07 Å². The lowest BCUT2D eigenvalue weighted by Gasteiger charge is -2.29. The molecule has 0 radical (unpaired) electrons. The molecule has 1 aliphatic heterocycles. The van der Waals surface area contributed by atoms with Crippen molar-refractivity contribution >= 4 is 17.3 Å². The summed E-state index contributed by atoms with van der Waals surface area (Å²) in [6, 6.07) is 4.57. The SMILES string of the molecule is CN1CCC(CNc2cc(F)cc(Cl)c2)CC1. The number of nitrogens with zero attached hydrogens (tertiary/aromatic N) is 1. The Morgan fingerprint density at radius 1 is 1.35 bits per heavy atom. The average Bonchev–Trinajstić information content (AvgIpc) is 2.27. The highest BCUT2D eigenvalue weighted by atomic mass is 35.5. The first-order chi connectivity index (χ1) is 8.13. The van der Waals surface area contributed by atoms with Crippen LogP contribution in [0.4, 0.5) is 10.1 Å². The molecule has 0 spiro atoms. The van der Waals surface area contributed by atoms with Crippen molar-refractivity contribution < 1.29 is 4.39 Å². The Hall–Kier alpha value is -0.800. The van der Waals surface area contributed by atoms with Crippen LogP contribution in [0.2, 0.25) is 5.02 Å². The summed E-state index contributed by atoms with van der Waals surface area (Å²) >= 11 is 5.80. The first-order valence-electron chi connectivity index (χ1n) is 6.02. The number of halogens is 2. The molecule has 0 unspecified atom stereocenters. The van der Waals surface area contributed by atoms with Gasteiger partial charge in [-0.15, -0.1) is 0 Å². The Morgan fingerprint density at radius 3 is 2.71 bits per heavy atom. The number of hydrogen-bond acceptors (Lipinski definition) is 2. The average molecular weight is 257 g/mol. The molecule has 17 heavy (non-hydrogen) atoms. The molecular weight excluding hydrogens is 239 g/mol. The maximum atomic E-state index is 13.1. The van der Waals surface area contributed by atoms with Gasteiger partial charge >= 0.3 is 0 Å². The zero-order valence-electron chi connectivity index (χ0n) is 10.0. The molecule has 1 aromatic rings. The van der Waals surface area contributed by atoms with Crippen LogP contribution in [-0.2, 0) is 0 Å². The number of nitrogens with one attached hydrogen (secondary N) is 1. The normalized spacial score (nSPS) is 18.3. The van der Waals surface area contributed by atoms with E-state index in [2.05, 4.69) is 17.3 Å². The van der Waals surface area contributed by atoms with Crippen molar-refractivity contribution in [1.82, 2.24) is 4.90 Å². The molecule has 0 saturated carbocycles. The molecule has 1 N–H and O–H groups in total. The quantitative estimate of drug-likeness (QED) is 0.893. The van der Waals surface area contributed by atoms with Gasteiger partial charge in [-0.2, -0.15) is 0 Å². The molecular formula is C13H18ClFN2. The van der Waals surface area contributed by atoms with Gasteiger partial charge in [0, 0.05) is 17.3 Å². The second-order valence-electron chi connectivity index (χ2n) is 4.79. The van der Waals surface area contributed by atoms with Crippen LogP contribution in [0, 0.1) is 11.7 Å². The number of likely N-dealkylation sites (tertiary alicyclic amines) is 1. The van der Waals surface area contributed by atoms with Gasteiger partial charge in [0.15, 0.2) is 0 Å². The molecule has 1 fully saturated rings. The third kappa shape index (κ3) is 3.86. The van der Waals surface area contributed by atoms with Gasteiger partial charge in [0.2, 0.25) is 0 Å². The minimum Gasteiger partial charge on any atom is -0.385 e. The highest BCUT2D eigenvalue weighted by Crippen LogP contribution is 2.20. The van der Waals surface area contributed by atoms with Gasteiger partial charge in [-0.1, -0.05) is 11.6 Å². The standard InChI is InChI=1S/C13H18ClFN2/c1-17-4-2-10(3-5-17)9-16-13-7-11(14)6-12(15)8-13/h6-8,10,16H,2-5,9H2,1H3. The van der Waals surface area contributed by atoms with Crippen LogP contribution in [0.3, 0.4) is 0 Å². The van der Waals surface area contributed by atoms with E-state index in [-0.39, 0.29) is 5.82 Å². The van der Waals surface area contributed by atoms with Crippen molar-refractivity contribution in [1.29, 1.82) is 0 Å². The van der Waals surface area contributed by atoms with E-state index in [9.17, 15) is 4.39 Å². The number of rotatable bonds is 3. The summed E-state index contributed by atoms with van der Waals surface area (Å²) < 4.78 is 13.1. The fourth-order valence-electron chi connectivity index (χ4n) is 2.18. The van der Waals surface area contributed by atoms with E-state index in [4.69, 9.17) is 11.6 Å². The summed E-state index contributed by atoms with van der Waals surface area (Å²) in [4.78, 5) is 2.34. The highest BCUT2D eigenvalue weighted by Gasteiger charge is 2.16. The Bertz CT molecular complexity index is 355. The lowest BCUT2D eigenvalue weighted by molar-refractivity contribution is 0.226. The Kier molecular flexibility index (Phi) is 4.24. The zero-order chi connectivity index (χ0) is 12.3. The van der Waals surface area contributed by atoms with Crippen molar-refractivity contribution in [2.45, 2.75) is 12.8 Å². The number of hydrogen-bond donors (Lipinski definition) is 1. The minimum absolute atomic E-state index is 0.289. The van der Waals surface area contributed by atoms with E-state index in [1.165, 1.54) is 25.0 Å². The van der Waals surface area contributed by atoms with Crippen molar-refractivity contribution in [3.8, 4) is 0 Å². The van der Waals surface area contributed by atoms with Crippen molar-refractivity contribution in [2.24, 2.45) is 5.92 Å². The van der Waals surface area contributed by atoms with Gasteiger partial charge in [0.1, 0.15) is 5.82 Å². The molecule has 4 heteroatoms. The maximum absolute atomic E-state index is 13.1. The molecule has 0 aliphatic carbocycles. The molecule has 2 rings (SSSR count). The smallest absolute Gasteiger partial charge is 0.126 e. The van der Waals surface area contributed by atoms with Gasteiger partial charge in [-0.3, -0.25) is 0 Å². The van der Waals surface area contributed by atoms with E-state index in [0.29, 0.717) is 10.9 Å². The maximum Gasteiger partial charge on any atom is 0.126 e. The van der Waals surface area contributed by atoms with Gasteiger partial charge in [0.05, 0.1) is 0 Å². The lowest BCUT2D eigenvalue weighted by atomic mass is 9.97. The van der Waals surface area contributed by atoms with Crippen molar-refractivity contribution in [2.75, 3.05) is 32.0 Å². The highest BCUT2D eigenvalue weighted by molar-refractivity contribution is 6.30. The van der Waals surface area contributed by atoms with Crippen LogP contribution in [-0.4, -0.2) is 31.6 Å². The minimum atomic E-state index is -0.289. The monoisotopic (exact) mass is 256 g/mol. The van der Waals surface area contributed by atoms with E-state index in [0.717, 1.165) is 25.3 Å². The van der Waals surface area contributed by atoms with Crippen LogP contribution in [0.25, 0.3) is 0 Å². The molecule has 0 amide bonds. The summed E-state index contributed by atoms with van der Waals surface area (Å²) in [7, 11) is 2.15. The molecule has 1 saturated heterocycles. The van der Waals surface area contributed by atoms with E-state index >= 15 is 0 Å². The molecule has 0 aromatic heterocycles. The summed E-state index contributed by atoms with van der Waals surface area (Å²) in [5.74, 6) is 0.386. The van der Waals surface area contributed by atoms with Crippen molar-refractivity contribution in [3.05, 3.63) is 29.0 Å². The van der Waals surface area contributed by atoms with Crippen LogP contribution in [0.15, 0.2) is 18.2 Å². The van der Waals surface area contributed by atoms with Crippen molar-refractivity contribution in [3.63, 3.8) is 0 Å². The topological polar surface area (TPSA) is 15.3 Å². The Labute approximate surface area is 107 Å². The molecule has 1 heterocycles.